The third-order valence-electron chi connectivity index (χ3n) is 11.1. The molecule has 11 heteroatoms. The normalized spacial score (nSPS) is 16.4. The third kappa shape index (κ3) is 9.81. The Hall–Kier alpha value is -4.58. The molecule has 4 aromatic rings. The van der Waals surface area contributed by atoms with Gasteiger partial charge in [0.15, 0.2) is 11.5 Å². The molecule has 0 aromatic heterocycles. The first-order valence-electron chi connectivity index (χ1n) is 19.2. The molecule has 292 valence electrons. The van der Waals surface area contributed by atoms with Crippen LogP contribution in [-0.4, -0.2) is 95.2 Å². The lowest BCUT2D eigenvalue weighted by Gasteiger charge is -2.34. The van der Waals surface area contributed by atoms with Crippen molar-refractivity contribution in [1.29, 1.82) is 0 Å². The summed E-state index contributed by atoms with van der Waals surface area (Å²) < 4.78 is 13.2. The average Bonchev–Trinajstić information content (AvgIpc) is 3.18. The number of benzene rings is 4. The fourth-order valence-electron chi connectivity index (χ4n) is 7.23. The van der Waals surface area contributed by atoms with E-state index in [1.54, 1.807) is 7.11 Å². The number of carbonyl (C=O) groups is 2. The highest BCUT2D eigenvalue weighted by molar-refractivity contribution is 9.10. The van der Waals surface area contributed by atoms with Crippen molar-refractivity contribution >= 4 is 39.1 Å². The number of piperazine rings is 2. The second kappa shape index (κ2) is 17.9. The molecule has 2 aliphatic rings. The van der Waals surface area contributed by atoms with E-state index in [0.717, 1.165) is 96.0 Å². The van der Waals surface area contributed by atoms with Crippen LogP contribution in [0.3, 0.4) is 0 Å². The summed E-state index contributed by atoms with van der Waals surface area (Å²) in [6.45, 7) is 15.7. The van der Waals surface area contributed by atoms with Gasteiger partial charge in [0.05, 0.1) is 19.2 Å². The van der Waals surface area contributed by atoms with E-state index in [9.17, 15) is 9.59 Å². The Morgan fingerprint density at radius 1 is 0.691 bits per heavy atom. The van der Waals surface area contributed by atoms with Crippen LogP contribution in [0.4, 0.5) is 11.4 Å². The molecule has 2 heterocycles. The maximum absolute atomic E-state index is 13.9. The van der Waals surface area contributed by atoms with E-state index >= 15 is 0 Å². The van der Waals surface area contributed by atoms with Gasteiger partial charge >= 0.3 is 0 Å². The van der Waals surface area contributed by atoms with Crippen molar-refractivity contribution in [1.82, 2.24) is 20.4 Å². The molecule has 2 fully saturated rings. The number of amides is 2. The van der Waals surface area contributed by atoms with Gasteiger partial charge in [0.25, 0.3) is 11.8 Å². The summed E-state index contributed by atoms with van der Waals surface area (Å²) in [4.78, 5) is 36.9. The molecule has 2 amide bonds. The second-order valence-electron chi connectivity index (χ2n) is 15.0. The number of rotatable bonds is 12. The van der Waals surface area contributed by atoms with Gasteiger partial charge < -0.3 is 39.7 Å². The molecule has 0 radical (unpaired) electrons. The van der Waals surface area contributed by atoms with Gasteiger partial charge in [-0.05, 0) is 118 Å². The molecular formula is C44H55BrN6O4. The largest absolute Gasteiger partial charge is 0.493 e. The van der Waals surface area contributed by atoms with Crippen LogP contribution in [0.25, 0.3) is 0 Å². The van der Waals surface area contributed by atoms with Crippen molar-refractivity contribution < 1.29 is 19.1 Å². The maximum Gasteiger partial charge on any atom is 0.252 e. The van der Waals surface area contributed by atoms with Crippen molar-refractivity contribution in [2.45, 2.75) is 46.4 Å². The molecule has 55 heavy (non-hydrogen) atoms. The van der Waals surface area contributed by atoms with E-state index in [2.05, 4.69) is 72.4 Å². The van der Waals surface area contributed by atoms with Gasteiger partial charge in [-0.15, -0.1) is 0 Å². The number of hydrogen-bond acceptors (Lipinski definition) is 8. The lowest BCUT2D eigenvalue weighted by molar-refractivity contribution is 0.0930. The lowest BCUT2D eigenvalue weighted by Crippen LogP contribution is -2.44. The molecule has 2 aliphatic heterocycles. The molecular weight excluding hydrogens is 756 g/mol. The molecule has 0 spiro atoms. The van der Waals surface area contributed by atoms with Gasteiger partial charge in [-0.3, -0.25) is 9.59 Å². The number of halogens is 1. The van der Waals surface area contributed by atoms with Crippen molar-refractivity contribution in [3.8, 4) is 11.5 Å². The van der Waals surface area contributed by atoms with Crippen LogP contribution in [-0.2, 0) is 6.61 Å². The van der Waals surface area contributed by atoms with Crippen LogP contribution in [0.2, 0.25) is 0 Å². The van der Waals surface area contributed by atoms with Crippen LogP contribution < -0.4 is 29.9 Å². The predicted octanol–water partition coefficient (Wildman–Crippen LogP) is 7.14. The van der Waals surface area contributed by atoms with E-state index in [1.807, 2.05) is 88.4 Å². The highest BCUT2D eigenvalue weighted by atomic mass is 79.9. The molecule has 0 aliphatic carbocycles. The van der Waals surface area contributed by atoms with Crippen LogP contribution in [0.5, 0.6) is 11.5 Å². The molecule has 2 atom stereocenters. The first-order valence-corrected chi connectivity index (χ1v) is 20.0. The van der Waals surface area contributed by atoms with Crippen molar-refractivity contribution in [2.24, 2.45) is 0 Å². The molecule has 10 nitrogen and oxygen atoms in total. The number of likely N-dealkylation sites (N-methyl/N-ethyl adjacent to an activating group) is 2. The van der Waals surface area contributed by atoms with Crippen LogP contribution in [0.1, 0.15) is 74.5 Å². The van der Waals surface area contributed by atoms with E-state index in [-0.39, 0.29) is 30.5 Å². The van der Waals surface area contributed by atoms with Crippen molar-refractivity contribution in [3.63, 3.8) is 0 Å². The summed E-state index contributed by atoms with van der Waals surface area (Å²) in [5.74, 6) is 0.908. The SMILES string of the molecule is COc1ccc([C@@H](C)NC(=O)c2cc(N3CCN(C)CC3)ccc2C)cc1OCc1cc(N2CCN(C)CC2)cc(C(=O)N[C@H](C)c2cccc(Br)c2)c1C. The number of nitrogens with zero attached hydrogens (tertiary/aromatic N) is 4. The Labute approximate surface area is 334 Å². The maximum atomic E-state index is 13.9. The zero-order chi connectivity index (χ0) is 39.2. The predicted molar refractivity (Wildman–Crippen MR) is 225 cm³/mol. The Morgan fingerprint density at radius 3 is 1.89 bits per heavy atom. The number of hydrogen-bond donors (Lipinski definition) is 2. The van der Waals surface area contributed by atoms with Crippen LogP contribution in [0, 0.1) is 13.8 Å². The highest BCUT2D eigenvalue weighted by Crippen LogP contribution is 2.33. The number of methoxy groups -OCH3 is 1. The molecule has 6 rings (SSSR count). The van der Waals surface area contributed by atoms with Gasteiger partial charge in [-0.2, -0.15) is 0 Å². The minimum absolute atomic E-state index is 0.115. The molecule has 0 unspecified atom stereocenters. The van der Waals surface area contributed by atoms with Crippen LogP contribution >= 0.6 is 15.9 Å². The lowest BCUT2D eigenvalue weighted by atomic mass is 9.99. The summed E-state index contributed by atoms with van der Waals surface area (Å²) in [5, 5.41) is 6.44. The monoisotopic (exact) mass is 810 g/mol. The standard InChI is InChI=1S/C44H55BrN6O4/c1-29-11-13-37(50-19-15-48(5)16-20-50)26-39(29)43(52)46-32(4)34-12-14-41(54-7)42(25-34)55-28-35-24-38(51-21-17-49(6)18-22-51)27-40(30(35)2)44(53)47-31(3)33-9-8-10-36(45)23-33/h8-14,23-27,31-32H,15-22,28H2,1-7H3,(H,46,52)(H,47,53)/t31-,32-/m1/s1. The van der Waals surface area contributed by atoms with E-state index in [1.165, 1.54) is 0 Å². The smallest absolute Gasteiger partial charge is 0.252 e. The number of ether oxygens (including phenoxy) is 2. The van der Waals surface area contributed by atoms with Crippen molar-refractivity contribution in [3.05, 3.63) is 116 Å². The molecule has 2 saturated heterocycles. The Bertz CT molecular complexity index is 1990. The van der Waals surface area contributed by atoms with Gasteiger partial charge in [0, 0.05) is 79.3 Å². The third-order valence-corrected chi connectivity index (χ3v) is 11.6. The quantitative estimate of drug-likeness (QED) is 0.156. The number of carbonyl (C=O) groups excluding carboxylic acids is 2. The van der Waals surface area contributed by atoms with Gasteiger partial charge in [0.1, 0.15) is 6.61 Å². The van der Waals surface area contributed by atoms with Crippen LogP contribution in [0.15, 0.2) is 77.3 Å². The summed E-state index contributed by atoms with van der Waals surface area (Å²) in [5.41, 5.74) is 8.00. The number of anilines is 2. The average molecular weight is 812 g/mol. The summed E-state index contributed by atoms with van der Waals surface area (Å²) in [6, 6.07) is 23.6. The molecule has 0 bridgehead atoms. The summed E-state index contributed by atoms with van der Waals surface area (Å²) >= 11 is 3.55. The molecule has 2 N–H and O–H groups in total. The summed E-state index contributed by atoms with van der Waals surface area (Å²) in [6.07, 6.45) is 0. The second-order valence-corrected chi connectivity index (χ2v) is 15.9. The van der Waals surface area contributed by atoms with E-state index in [0.29, 0.717) is 22.6 Å². The minimum atomic E-state index is -0.294. The topological polar surface area (TPSA) is 89.6 Å². The van der Waals surface area contributed by atoms with Crippen molar-refractivity contribution in [2.75, 3.05) is 83.4 Å². The van der Waals surface area contributed by atoms with E-state index < -0.39 is 0 Å². The Kier molecular flexibility index (Phi) is 13.1. The first kappa shape index (κ1) is 40.1. The molecule has 0 saturated carbocycles. The molecule has 4 aromatic carbocycles. The fourth-order valence-corrected chi connectivity index (χ4v) is 7.65. The summed E-state index contributed by atoms with van der Waals surface area (Å²) in [7, 11) is 5.90. The number of nitrogens with one attached hydrogen (secondary N) is 2. The van der Waals surface area contributed by atoms with Gasteiger partial charge in [-0.1, -0.05) is 40.2 Å². The Morgan fingerprint density at radius 2 is 1.27 bits per heavy atom. The highest BCUT2D eigenvalue weighted by Gasteiger charge is 2.23. The van der Waals surface area contributed by atoms with E-state index in [4.69, 9.17) is 9.47 Å². The fraction of sp³-hybridized carbons (Fsp3) is 0.409. The first-order chi connectivity index (χ1) is 26.4. The Balaban J connectivity index is 1.21. The zero-order valence-electron chi connectivity index (χ0n) is 33.2. The minimum Gasteiger partial charge on any atom is -0.493 e. The van der Waals surface area contributed by atoms with Gasteiger partial charge in [0.2, 0.25) is 0 Å². The van der Waals surface area contributed by atoms with Gasteiger partial charge in [-0.25, -0.2) is 0 Å². The zero-order valence-corrected chi connectivity index (χ0v) is 34.8. The number of aryl methyl sites for hydroxylation is 1.